The Kier molecular flexibility index (Phi) is 9.26. The average Bonchev–Trinajstić information content (AvgIpc) is 3.57. The van der Waals surface area contributed by atoms with Gasteiger partial charge in [-0.05, 0) is 38.7 Å². The van der Waals surface area contributed by atoms with Gasteiger partial charge in [0.25, 0.3) is 11.8 Å². The first-order chi connectivity index (χ1) is 20.3. The van der Waals surface area contributed by atoms with Crippen LogP contribution in [0.3, 0.4) is 0 Å². The van der Waals surface area contributed by atoms with E-state index in [1.165, 1.54) is 17.1 Å². The molecule has 1 saturated carbocycles. The minimum Gasteiger partial charge on any atom is -0.350 e. The summed E-state index contributed by atoms with van der Waals surface area (Å²) in [5, 5.41) is 8.46. The molecule has 0 spiro atoms. The predicted octanol–water partition coefficient (Wildman–Crippen LogP) is 5.98. The number of nitrogens with zero attached hydrogens (tertiary/aromatic N) is 4. The van der Waals surface area contributed by atoms with Gasteiger partial charge in [0, 0.05) is 31.4 Å². The second kappa shape index (κ2) is 12.3. The summed E-state index contributed by atoms with van der Waals surface area (Å²) < 4.78 is 112. The van der Waals surface area contributed by atoms with Crippen LogP contribution in [0.15, 0.2) is 18.5 Å². The lowest BCUT2D eigenvalue weighted by molar-refractivity contribution is -0.148. The van der Waals surface area contributed by atoms with Crippen molar-refractivity contribution in [2.24, 2.45) is 5.92 Å². The van der Waals surface area contributed by atoms with E-state index in [0.717, 1.165) is 6.07 Å². The first-order valence-electron chi connectivity index (χ1n) is 13.8. The third-order valence-electron chi connectivity index (χ3n) is 7.42. The lowest BCUT2D eigenvalue weighted by atomic mass is 9.81. The summed E-state index contributed by atoms with van der Waals surface area (Å²) in [5.74, 6) is -12.7. The Morgan fingerprint density at radius 3 is 2.39 bits per heavy atom. The minimum absolute atomic E-state index is 0.0155. The van der Waals surface area contributed by atoms with E-state index in [9.17, 15) is 40.3 Å². The zero-order valence-corrected chi connectivity index (χ0v) is 23.9. The maximum atomic E-state index is 15.8. The Morgan fingerprint density at radius 1 is 1.14 bits per heavy atom. The number of halogens is 8. The Bertz CT molecular complexity index is 1490. The van der Waals surface area contributed by atoms with Crippen molar-refractivity contribution in [2.75, 3.05) is 6.54 Å². The van der Waals surface area contributed by atoms with Gasteiger partial charge in [-0.15, -0.1) is 0 Å². The number of aromatic nitrogens is 5. The largest absolute Gasteiger partial charge is 0.390 e. The molecule has 1 fully saturated rings. The molecule has 44 heavy (non-hydrogen) atoms. The van der Waals surface area contributed by atoms with Gasteiger partial charge in [0.15, 0.2) is 5.82 Å². The highest BCUT2D eigenvalue weighted by molar-refractivity contribution is 5.91. The van der Waals surface area contributed by atoms with Gasteiger partial charge in [0.1, 0.15) is 17.7 Å². The number of imidazole rings is 1. The number of rotatable bonds is 10. The summed E-state index contributed by atoms with van der Waals surface area (Å²) in [7, 11) is 0. The van der Waals surface area contributed by atoms with Gasteiger partial charge in [0.05, 0.1) is 30.4 Å². The van der Waals surface area contributed by atoms with Crippen LogP contribution in [0.2, 0.25) is 0 Å². The molecule has 1 aliphatic carbocycles. The standard InChI is InChI=1S/C27H31F8N7O2/c1-13(2)42-22(37-12-38-42)24(44)41-19(14-6-8-26(31,32)9-7-14)21-39-17-5-4-15(18(28)20(17)40-21)16(10-27(33,34)35)23(43)36-11-25(3,29)30/h4-5,12-14,16,19H,6-11H2,1-3H3,(H,36,43)(H,39,40)(H,41,44)/t16-,19?/m0/s1. The van der Waals surface area contributed by atoms with Crippen molar-refractivity contribution in [3.05, 3.63) is 41.5 Å². The molecule has 2 atom stereocenters. The fraction of sp³-hybridized carbons (Fsp3) is 0.593. The number of aromatic amines is 1. The van der Waals surface area contributed by atoms with Crippen molar-refractivity contribution in [3.63, 3.8) is 0 Å². The molecule has 1 aliphatic rings. The average molecular weight is 638 g/mol. The quantitative estimate of drug-likeness (QED) is 0.237. The van der Waals surface area contributed by atoms with Crippen molar-refractivity contribution in [1.29, 1.82) is 0 Å². The molecular weight excluding hydrogens is 606 g/mol. The molecule has 3 aromatic rings. The summed E-state index contributed by atoms with van der Waals surface area (Å²) in [4.78, 5) is 36.8. The molecule has 2 heterocycles. The van der Waals surface area contributed by atoms with Crippen LogP contribution >= 0.6 is 0 Å². The van der Waals surface area contributed by atoms with Crippen molar-refractivity contribution < 1.29 is 44.7 Å². The van der Waals surface area contributed by atoms with E-state index in [0.29, 0.717) is 6.92 Å². The Hall–Kier alpha value is -3.79. The smallest absolute Gasteiger partial charge is 0.350 e. The van der Waals surface area contributed by atoms with Gasteiger partial charge in [0.2, 0.25) is 17.7 Å². The highest BCUT2D eigenvalue weighted by Gasteiger charge is 2.41. The molecule has 0 radical (unpaired) electrons. The van der Waals surface area contributed by atoms with Crippen LogP contribution in [-0.4, -0.2) is 61.1 Å². The van der Waals surface area contributed by atoms with E-state index in [1.54, 1.807) is 19.2 Å². The minimum atomic E-state index is -4.95. The Labute approximate surface area is 246 Å². The summed E-state index contributed by atoms with van der Waals surface area (Å²) in [6, 6.07) is 0.763. The number of benzene rings is 1. The van der Waals surface area contributed by atoms with Crippen LogP contribution in [0.1, 0.15) is 92.9 Å². The van der Waals surface area contributed by atoms with Gasteiger partial charge >= 0.3 is 6.18 Å². The monoisotopic (exact) mass is 637 g/mol. The van der Waals surface area contributed by atoms with Crippen molar-refractivity contribution >= 4 is 22.8 Å². The fourth-order valence-corrected chi connectivity index (χ4v) is 5.24. The lowest BCUT2D eigenvalue weighted by Crippen LogP contribution is -2.39. The summed E-state index contributed by atoms with van der Waals surface area (Å²) in [5.41, 5.74) is -1.23. The van der Waals surface area contributed by atoms with Crippen LogP contribution in [0.4, 0.5) is 35.1 Å². The van der Waals surface area contributed by atoms with Crippen LogP contribution in [0.5, 0.6) is 0 Å². The van der Waals surface area contributed by atoms with Crippen molar-refractivity contribution in [3.8, 4) is 0 Å². The van der Waals surface area contributed by atoms with Crippen LogP contribution in [-0.2, 0) is 4.79 Å². The second-order valence-corrected chi connectivity index (χ2v) is 11.4. The van der Waals surface area contributed by atoms with E-state index in [1.807, 2.05) is 0 Å². The molecule has 4 rings (SSSR count). The Balaban J connectivity index is 1.72. The van der Waals surface area contributed by atoms with Crippen LogP contribution < -0.4 is 10.6 Å². The van der Waals surface area contributed by atoms with Gasteiger partial charge < -0.3 is 15.6 Å². The zero-order chi connectivity index (χ0) is 32.6. The van der Waals surface area contributed by atoms with Crippen LogP contribution in [0.25, 0.3) is 11.0 Å². The number of alkyl halides is 7. The molecule has 17 heteroatoms. The normalized spacial score (nSPS) is 17.5. The fourth-order valence-electron chi connectivity index (χ4n) is 5.24. The van der Waals surface area contributed by atoms with Gasteiger partial charge in [-0.1, -0.05) is 6.07 Å². The van der Waals surface area contributed by atoms with E-state index in [4.69, 9.17) is 0 Å². The molecule has 0 saturated heterocycles. The van der Waals surface area contributed by atoms with E-state index >= 15 is 4.39 Å². The van der Waals surface area contributed by atoms with Crippen molar-refractivity contribution in [1.82, 2.24) is 35.4 Å². The summed E-state index contributed by atoms with van der Waals surface area (Å²) >= 11 is 0. The number of hydrogen-bond acceptors (Lipinski definition) is 5. The number of hydrogen-bond donors (Lipinski definition) is 3. The maximum absolute atomic E-state index is 15.8. The molecule has 1 unspecified atom stereocenters. The number of H-pyrrole nitrogens is 1. The number of nitrogens with one attached hydrogen (secondary N) is 3. The van der Waals surface area contributed by atoms with E-state index in [-0.39, 0.29) is 36.0 Å². The zero-order valence-electron chi connectivity index (χ0n) is 23.9. The third-order valence-corrected chi connectivity index (χ3v) is 7.42. The van der Waals surface area contributed by atoms with Gasteiger partial charge in [-0.2, -0.15) is 18.3 Å². The number of amides is 2. The first-order valence-corrected chi connectivity index (χ1v) is 13.8. The van der Waals surface area contributed by atoms with Gasteiger partial charge in [-0.25, -0.2) is 36.6 Å². The second-order valence-electron chi connectivity index (χ2n) is 11.4. The highest BCUT2D eigenvalue weighted by Crippen LogP contribution is 2.42. The third kappa shape index (κ3) is 7.83. The van der Waals surface area contributed by atoms with Crippen LogP contribution in [0, 0.1) is 11.7 Å². The first kappa shape index (κ1) is 33.1. The van der Waals surface area contributed by atoms with Gasteiger partial charge in [-0.3, -0.25) is 9.59 Å². The Morgan fingerprint density at radius 2 is 1.80 bits per heavy atom. The molecule has 9 nitrogen and oxygen atoms in total. The SMILES string of the molecule is CC(C)n1ncnc1C(=O)NC(c1nc2c(F)c([C@H](CC(F)(F)F)C(=O)NCC(C)(F)F)ccc2[nH]1)C1CCC(F)(F)CC1. The molecule has 242 valence electrons. The molecular formula is C27H31F8N7O2. The number of carbonyl (C=O) groups excluding carboxylic acids is 2. The summed E-state index contributed by atoms with van der Waals surface area (Å²) in [6.07, 6.45) is -6.64. The molecule has 1 aromatic carbocycles. The topological polar surface area (TPSA) is 118 Å². The molecule has 3 N–H and O–H groups in total. The molecule has 2 aromatic heterocycles. The number of carbonyl (C=O) groups is 2. The highest BCUT2D eigenvalue weighted by atomic mass is 19.4. The van der Waals surface area contributed by atoms with E-state index < -0.39 is 90.4 Å². The van der Waals surface area contributed by atoms with Crippen molar-refractivity contribution in [2.45, 2.75) is 88.9 Å². The molecule has 2 amide bonds. The number of fused-ring (bicyclic) bond motifs is 1. The molecule has 0 aliphatic heterocycles. The summed E-state index contributed by atoms with van der Waals surface area (Å²) in [6.45, 7) is 2.71. The molecule has 0 bridgehead atoms. The predicted molar refractivity (Wildman–Crippen MR) is 141 cm³/mol. The van der Waals surface area contributed by atoms with E-state index in [2.05, 4.69) is 25.4 Å². The lowest BCUT2D eigenvalue weighted by Gasteiger charge is -2.33. The maximum Gasteiger partial charge on any atom is 0.390 e.